The number of ether oxygens (including phenoxy) is 1. The van der Waals surface area contributed by atoms with Gasteiger partial charge in [0, 0.05) is 11.9 Å². The molecule has 0 spiro atoms. The van der Waals surface area contributed by atoms with Gasteiger partial charge >= 0.3 is 0 Å². The van der Waals surface area contributed by atoms with Gasteiger partial charge in [-0.15, -0.1) is 11.3 Å². The van der Waals surface area contributed by atoms with E-state index in [9.17, 15) is 9.59 Å². The van der Waals surface area contributed by atoms with Gasteiger partial charge in [-0.2, -0.15) is 0 Å². The molecule has 140 valence electrons. The summed E-state index contributed by atoms with van der Waals surface area (Å²) >= 11 is 1.37. The first-order chi connectivity index (χ1) is 12.6. The van der Waals surface area contributed by atoms with Gasteiger partial charge in [0.25, 0.3) is 5.91 Å². The van der Waals surface area contributed by atoms with Crippen LogP contribution in [0.3, 0.4) is 0 Å². The molecular formula is C19H25N3O3S. The minimum atomic E-state index is -0.246. The lowest BCUT2D eigenvalue weighted by Gasteiger charge is -2.22. The number of anilines is 1. The summed E-state index contributed by atoms with van der Waals surface area (Å²) in [6.07, 6.45) is 2.92. The molecule has 6 nitrogen and oxygen atoms in total. The van der Waals surface area contributed by atoms with Gasteiger partial charge in [-0.1, -0.05) is 38.0 Å². The Labute approximate surface area is 158 Å². The van der Waals surface area contributed by atoms with Crippen LogP contribution >= 0.6 is 11.3 Å². The standard InChI is InChI=1S/C19H25N3O3S/c1-3-4-8-11-22(12-17(23)21-19-20-15(2)14-26-19)18(24)13-25-16-9-6-5-7-10-16/h5-7,9-10,14H,3-4,8,11-13H2,1-2H3,(H,20,21,23). The Morgan fingerprint density at radius 2 is 2.00 bits per heavy atom. The van der Waals surface area contributed by atoms with E-state index in [1.54, 1.807) is 17.0 Å². The van der Waals surface area contributed by atoms with Gasteiger partial charge in [0.2, 0.25) is 5.91 Å². The second kappa shape index (κ2) is 10.6. The van der Waals surface area contributed by atoms with Crippen molar-refractivity contribution in [2.24, 2.45) is 0 Å². The van der Waals surface area contributed by atoms with Crippen molar-refractivity contribution in [3.63, 3.8) is 0 Å². The van der Waals surface area contributed by atoms with E-state index < -0.39 is 0 Å². The topological polar surface area (TPSA) is 71.5 Å². The minimum absolute atomic E-state index is 0.000670. The number of carbonyl (C=O) groups is 2. The van der Waals surface area contributed by atoms with Crippen LogP contribution in [0.2, 0.25) is 0 Å². The molecule has 0 bridgehead atoms. The van der Waals surface area contributed by atoms with Crippen molar-refractivity contribution in [3.05, 3.63) is 41.4 Å². The van der Waals surface area contributed by atoms with Gasteiger partial charge in [0.1, 0.15) is 12.3 Å². The number of rotatable bonds is 10. The normalized spacial score (nSPS) is 10.4. The van der Waals surface area contributed by atoms with Crippen molar-refractivity contribution in [2.75, 3.05) is 25.0 Å². The Bertz CT molecular complexity index is 703. The van der Waals surface area contributed by atoms with E-state index in [-0.39, 0.29) is 25.0 Å². The number of aromatic nitrogens is 1. The van der Waals surface area contributed by atoms with Crippen LogP contribution in [0.1, 0.15) is 31.9 Å². The Balaban J connectivity index is 1.90. The number of hydrogen-bond acceptors (Lipinski definition) is 5. The molecule has 0 unspecified atom stereocenters. The fourth-order valence-corrected chi connectivity index (χ4v) is 3.05. The molecule has 26 heavy (non-hydrogen) atoms. The zero-order valence-corrected chi connectivity index (χ0v) is 16.1. The van der Waals surface area contributed by atoms with E-state index in [1.165, 1.54) is 11.3 Å². The number of thiazole rings is 1. The summed E-state index contributed by atoms with van der Waals surface area (Å²) in [7, 11) is 0. The Hall–Kier alpha value is -2.41. The van der Waals surface area contributed by atoms with E-state index in [1.807, 2.05) is 30.5 Å². The fraction of sp³-hybridized carbons (Fsp3) is 0.421. The Morgan fingerprint density at radius 1 is 1.23 bits per heavy atom. The average Bonchev–Trinajstić information content (AvgIpc) is 3.04. The maximum absolute atomic E-state index is 12.5. The second-order valence-electron chi connectivity index (χ2n) is 5.97. The van der Waals surface area contributed by atoms with Gasteiger partial charge < -0.3 is 15.0 Å². The van der Waals surface area contributed by atoms with Gasteiger partial charge in [-0.3, -0.25) is 9.59 Å². The first-order valence-corrected chi connectivity index (χ1v) is 9.64. The third kappa shape index (κ3) is 6.84. The molecule has 1 heterocycles. The fourth-order valence-electron chi connectivity index (χ4n) is 2.34. The van der Waals surface area contributed by atoms with E-state index >= 15 is 0 Å². The van der Waals surface area contributed by atoms with Crippen molar-refractivity contribution in [3.8, 4) is 5.75 Å². The molecule has 1 N–H and O–H groups in total. The lowest BCUT2D eigenvalue weighted by Crippen LogP contribution is -2.41. The van der Waals surface area contributed by atoms with Crippen molar-refractivity contribution in [2.45, 2.75) is 33.1 Å². The highest BCUT2D eigenvalue weighted by atomic mass is 32.1. The molecule has 0 fully saturated rings. The SMILES string of the molecule is CCCCCN(CC(=O)Nc1nc(C)cs1)C(=O)COc1ccccc1. The number of para-hydroxylation sites is 1. The summed E-state index contributed by atoms with van der Waals surface area (Å²) in [6, 6.07) is 9.18. The first-order valence-electron chi connectivity index (χ1n) is 8.76. The monoisotopic (exact) mass is 375 g/mol. The molecule has 7 heteroatoms. The van der Waals surface area contributed by atoms with Crippen LogP contribution in [-0.4, -0.2) is 41.4 Å². The third-order valence-electron chi connectivity index (χ3n) is 3.69. The van der Waals surface area contributed by atoms with Crippen LogP contribution < -0.4 is 10.1 Å². The lowest BCUT2D eigenvalue weighted by molar-refractivity contribution is -0.136. The molecule has 0 aliphatic rings. The largest absolute Gasteiger partial charge is 0.484 e. The first kappa shape index (κ1) is 19.9. The maximum atomic E-state index is 12.5. The molecular weight excluding hydrogens is 350 g/mol. The summed E-state index contributed by atoms with van der Waals surface area (Å²) in [6.45, 7) is 4.42. The molecule has 0 saturated carbocycles. The van der Waals surface area contributed by atoms with E-state index in [0.29, 0.717) is 17.4 Å². The second-order valence-corrected chi connectivity index (χ2v) is 6.82. The molecule has 0 atom stereocenters. The van der Waals surface area contributed by atoms with Gasteiger partial charge in [-0.25, -0.2) is 4.98 Å². The van der Waals surface area contributed by atoms with Gasteiger partial charge in [0.05, 0.1) is 5.69 Å². The van der Waals surface area contributed by atoms with Crippen LogP contribution in [0.5, 0.6) is 5.75 Å². The van der Waals surface area contributed by atoms with E-state index in [4.69, 9.17) is 4.74 Å². The van der Waals surface area contributed by atoms with Crippen LogP contribution in [0, 0.1) is 6.92 Å². The number of aryl methyl sites for hydroxylation is 1. The summed E-state index contributed by atoms with van der Waals surface area (Å²) in [5.41, 5.74) is 0.859. The number of nitrogens with one attached hydrogen (secondary N) is 1. The Morgan fingerprint density at radius 3 is 2.65 bits per heavy atom. The molecule has 2 rings (SSSR count). The number of hydrogen-bond donors (Lipinski definition) is 1. The van der Waals surface area contributed by atoms with Crippen molar-refractivity contribution < 1.29 is 14.3 Å². The summed E-state index contributed by atoms with van der Waals surface area (Å²) in [5, 5.41) is 5.16. The predicted octanol–water partition coefficient (Wildman–Crippen LogP) is 3.49. The van der Waals surface area contributed by atoms with Gasteiger partial charge in [0.15, 0.2) is 11.7 Å². The zero-order valence-electron chi connectivity index (χ0n) is 15.2. The number of benzene rings is 1. The van der Waals surface area contributed by atoms with Crippen molar-refractivity contribution in [1.82, 2.24) is 9.88 Å². The number of nitrogens with zero attached hydrogens (tertiary/aromatic N) is 2. The van der Waals surface area contributed by atoms with Crippen molar-refractivity contribution >= 4 is 28.3 Å². The summed E-state index contributed by atoms with van der Waals surface area (Å²) in [4.78, 5) is 30.5. The summed E-state index contributed by atoms with van der Waals surface area (Å²) < 4.78 is 5.53. The molecule has 2 amide bonds. The highest BCUT2D eigenvalue weighted by molar-refractivity contribution is 7.13. The van der Waals surface area contributed by atoms with Crippen LogP contribution in [0.15, 0.2) is 35.7 Å². The van der Waals surface area contributed by atoms with Crippen LogP contribution in [0.25, 0.3) is 0 Å². The van der Waals surface area contributed by atoms with Crippen molar-refractivity contribution in [1.29, 1.82) is 0 Å². The average molecular weight is 375 g/mol. The smallest absolute Gasteiger partial charge is 0.260 e. The van der Waals surface area contributed by atoms with Gasteiger partial charge in [-0.05, 0) is 25.5 Å². The van der Waals surface area contributed by atoms with Crippen LogP contribution in [0.4, 0.5) is 5.13 Å². The molecule has 1 aromatic carbocycles. The maximum Gasteiger partial charge on any atom is 0.260 e. The molecule has 0 radical (unpaired) electrons. The highest BCUT2D eigenvalue weighted by Crippen LogP contribution is 2.14. The molecule has 2 aromatic rings. The molecule has 1 aromatic heterocycles. The van der Waals surface area contributed by atoms with Crippen LogP contribution in [-0.2, 0) is 9.59 Å². The zero-order chi connectivity index (χ0) is 18.8. The lowest BCUT2D eigenvalue weighted by atomic mass is 10.2. The number of amides is 2. The Kier molecular flexibility index (Phi) is 8.08. The quantitative estimate of drug-likeness (QED) is 0.645. The molecule has 0 aliphatic carbocycles. The number of carbonyl (C=O) groups excluding carboxylic acids is 2. The van der Waals surface area contributed by atoms with E-state index in [0.717, 1.165) is 25.0 Å². The molecule has 0 aliphatic heterocycles. The van der Waals surface area contributed by atoms with E-state index in [2.05, 4.69) is 17.2 Å². The predicted molar refractivity (Wildman–Crippen MR) is 104 cm³/mol. The minimum Gasteiger partial charge on any atom is -0.484 e. The number of unbranched alkanes of at least 4 members (excludes halogenated alkanes) is 2. The third-order valence-corrected chi connectivity index (χ3v) is 4.57. The molecule has 0 saturated heterocycles. The summed E-state index contributed by atoms with van der Waals surface area (Å²) in [5.74, 6) is 0.191. The highest BCUT2D eigenvalue weighted by Gasteiger charge is 2.18.